The van der Waals surface area contributed by atoms with E-state index >= 15 is 0 Å². The van der Waals surface area contributed by atoms with Gasteiger partial charge in [-0.1, -0.05) is 6.07 Å². The minimum absolute atomic E-state index is 0.0135. The van der Waals surface area contributed by atoms with Gasteiger partial charge in [-0.05, 0) is 30.7 Å². The fourth-order valence-electron chi connectivity index (χ4n) is 3.23. The largest absolute Gasteiger partial charge is 0.371 e. The fraction of sp³-hybridized carbons (Fsp3) is 0.538. The Balaban J connectivity index is 2.07. The van der Waals surface area contributed by atoms with E-state index in [0.29, 0.717) is 12.0 Å². The van der Waals surface area contributed by atoms with Crippen molar-refractivity contribution in [2.24, 2.45) is 11.7 Å². The monoisotopic (exact) mass is 235 g/mol. The van der Waals surface area contributed by atoms with Gasteiger partial charge in [0.2, 0.25) is 0 Å². The van der Waals surface area contributed by atoms with Crippen molar-refractivity contribution in [2.75, 3.05) is 25.0 Å². The molecule has 3 atom stereocenters. The molecular formula is C13H18FN3. The molecule has 17 heavy (non-hydrogen) atoms. The van der Waals surface area contributed by atoms with Crippen LogP contribution in [0.15, 0.2) is 18.2 Å². The van der Waals surface area contributed by atoms with Crippen LogP contribution in [0.3, 0.4) is 0 Å². The summed E-state index contributed by atoms with van der Waals surface area (Å²) in [4.78, 5) is 2.20. The van der Waals surface area contributed by atoms with E-state index in [9.17, 15) is 4.39 Å². The second kappa shape index (κ2) is 3.96. The maximum absolute atomic E-state index is 13.3. The highest BCUT2D eigenvalue weighted by atomic mass is 19.1. The Morgan fingerprint density at radius 3 is 3.12 bits per heavy atom. The van der Waals surface area contributed by atoms with Crippen molar-refractivity contribution in [2.45, 2.75) is 18.5 Å². The number of nitrogens with zero attached hydrogens (tertiary/aromatic N) is 1. The van der Waals surface area contributed by atoms with E-state index in [-0.39, 0.29) is 11.9 Å². The number of halogens is 1. The number of anilines is 1. The standard InChI is InChI=1S/C13H18FN3/c1-17-11-4-5-16-7-10(11)13(15)9-3-2-8(14)6-12(9)17/h2-3,6,10-11,13,16H,4-5,7,15H2,1H3. The Morgan fingerprint density at radius 2 is 2.29 bits per heavy atom. The summed E-state index contributed by atoms with van der Waals surface area (Å²) < 4.78 is 13.3. The summed E-state index contributed by atoms with van der Waals surface area (Å²) in [6.07, 6.45) is 1.07. The summed E-state index contributed by atoms with van der Waals surface area (Å²) in [7, 11) is 2.05. The molecule has 3 unspecified atom stereocenters. The van der Waals surface area contributed by atoms with Gasteiger partial charge in [0.1, 0.15) is 5.82 Å². The van der Waals surface area contributed by atoms with Crippen LogP contribution >= 0.6 is 0 Å². The first-order valence-corrected chi connectivity index (χ1v) is 6.17. The molecule has 3 rings (SSSR count). The van der Waals surface area contributed by atoms with Gasteiger partial charge >= 0.3 is 0 Å². The van der Waals surface area contributed by atoms with Crippen molar-refractivity contribution in [3.05, 3.63) is 29.6 Å². The first-order chi connectivity index (χ1) is 8.18. The average molecular weight is 235 g/mol. The van der Waals surface area contributed by atoms with Crippen molar-refractivity contribution < 1.29 is 4.39 Å². The lowest BCUT2D eigenvalue weighted by Crippen LogP contribution is -2.55. The first-order valence-electron chi connectivity index (χ1n) is 6.17. The molecule has 3 nitrogen and oxygen atoms in total. The third-order valence-electron chi connectivity index (χ3n) is 4.18. The average Bonchev–Trinajstić information content (AvgIpc) is 2.36. The summed E-state index contributed by atoms with van der Waals surface area (Å²) in [6, 6.07) is 5.38. The van der Waals surface area contributed by atoms with E-state index in [1.807, 2.05) is 13.1 Å². The summed E-state index contributed by atoms with van der Waals surface area (Å²) in [6.45, 7) is 1.97. The van der Waals surface area contributed by atoms with Crippen LogP contribution in [-0.4, -0.2) is 26.2 Å². The van der Waals surface area contributed by atoms with Crippen LogP contribution in [0.5, 0.6) is 0 Å². The molecule has 3 N–H and O–H groups in total. The molecule has 92 valence electrons. The molecular weight excluding hydrogens is 217 g/mol. The van der Waals surface area contributed by atoms with E-state index in [1.165, 1.54) is 6.07 Å². The van der Waals surface area contributed by atoms with Crippen molar-refractivity contribution in [3.8, 4) is 0 Å². The highest BCUT2D eigenvalue weighted by Gasteiger charge is 2.39. The van der Waals surface area contributed by atoms with Crippen LogP contribution in [0.4, 0.5) is 10.1 Å². The quantitative estimate of drug-likeness (QED) is 0.711. The molecule has 2 aliphatic heterocycles. The highest BCUT2D eigenvalue weighted by molar-refractivity contribution is 5.58. The summed E-state index contributed by atoms with van der Waals surface area (Å²) in [5.41, 5.74) is 8.35. The molecule has 2 aliphatic rings. The van der Waals surface area contributed by atoms with Crippen LogP contribution in [0.1, 0.15) is 18.0 Å². The summed E-state index contributed by atoms with van der Waals surface area (Å²) >= 11 is 0. The number of nitrogens with two attached hydrogens (primary N) is 1. The van der Waals surface area contributed by atoms with Gasteiger partial charge in [-0.2, -0.15) is 0 Å². The SMILES string of the molecule is CN1c2cc(F)ccc2C(N)C2CNCCC21. The summed E-state index contributed by atoms with van der Waals surface area (Å²) in [5.74, 6) is 0.238. The molecule has 0 aromatic heterocycles. The van der Waals surface area contributed by atoms with E-state index < -0.39 is 0 Å². The van der Waals surface area contributed by atoms with Crippen LogP contribution in [0, 0.1) is 11.7 Å². The number of nitrogens with one attached hydrogen (secondary N) is 1. The van der Waals surface area contributed by atoms with Crippen LogP contribution in [0.25, 0.3) is 0 Å². The molecule has 1 saturated heterocycles. The van der Waals surface area contributed by atoms with Crippen molar-refractivity contribution in [1.29, 1.82) is 0 Å². The predicted octanol–water partition coefficient (Wildman–Crippen LogP) is 1.25. The molecule has 0 radical (unpaired) electrons. The molecule has 0 aliphatic carbocycles. The Morgan fingerprint density at radius 1 is 1.47 bits per heavy atom. The van der Waals surface area contributed by atoms with Gasteiger partial charge in [0, 0.05) is 37.3 Å². The van der Waals surface area contributed by atoms with Crippen LogP contribution in [-0.2, 0) is 0 Å². The van der Waals surface area contributed by atoms with Crippen LogP contribution in [0.2, 0.25) is 0 Å². The zero-order valence-electron chi connectivity index (χ0n) is 9.99. The Hall–Kier alpha value is -1.13. The smallest absolute Gasteiger partial charge is 0.125 e. The van der Waals surface area contributed by atoms with Gasteiger partial charge in [0.05, 0.1) is 0 Å². The van der Waals surface area contributed by atoms with Gasteiger partial charge < -0.3 is 16.0 Å². The fourth-order valence-corrected chi connectivity index (χ4v) is 3.23. The van der Waals surface area contributed by atoms with Crippen molar-refractivity contribution >= 4 is 5.69 Å². The van der Waals surface area contributed by atoms with E-state index in [2.05, 4.69) is 10.2 Å². The van der Waals surface area contributed by atoms with Crippen molar-refractivity contribution in [3.63, 3.8) is 0 Å². The third-order valence-corrected chi connectivity index (χ3v) is 4.18. The summed E-state index contributed by atoms with van der Waals surface area (Å²) in [5, 5.41) is 3.40. The van der Waals surface area contributed by atoms with Gasteiger partial charge in [-0.25, -0.2) is 4.39 Å². The first kappa shape index (κ1) is 11.0. The van der Waals surface area contributed by atoms with Gasteiger partial charge in [-0.3, -0.25) is 0 Å². The Bertz CT molecular complexity index is 435. The Kier molecular flexibility index (Phi) is 2.56. The molecule has 1 fully saturated rings. The van der Waals surface area contributed by atoms with E-state index in [1.54, 1.807) is 6.07 Å². The molecule has 0 bridgehead atoms. The third kappa shape index (κ3) is 1.63. The zero-order valence-corrected chi connectivity index (χ0v) is 9.99. The predicted molar refractivity (Wildman–Crippen MR) is 66.5 cm³/mol. The maximum atomic E-state index is 13.3. The maximum Gasteiger partial charge on any atom is 0.125 e. The van der Waals surface area contributed by atoms with Crippen LogP contribution < -0.4 is 16.0 Å². The van der Waals surface area contributed by atoms with E-state index in [4.69, 9.17) is 5.73 Å². The second-order valence-corrected chi connectivity index (χ2v) is 5.06. The Labute approximate surface area is 101 Å². The molecule has 0 amide bonds. The van der Waals surface area contributed by atoms with Gasteiger partial charge in [0.25, 0.3) is 0 Å². The lowest BCUT2D eigenvalue weighted by molar-refractivity contribution is 0.262. The number of hydrogen-bond donors (Lipinski definition) is 2. The minimum Gasteiger partial charge on any atom is -0.371 e. The lowest BCUT2D eigenvalue weighted by Gasteiger charge is -2.47. The molecule has 2 heterocycles. The number of hydrogen-bond acceptors (Lipinski definition) is 3. The lowest BCUT2D eigenvalue weighted by atomic mass is 9.79. The highest BCUT2D eigenvalue weighted by Crippen LogP contribution is 2.40. The number of piperidine rings is 1. The topological polar surface area (TPSA) is 41.3 Å². The number of benzene rings is 1. The molecule has 0 spiro atoms. The molecule has 1 aromatic rings. The molecule has 0 saturated carbocycles. The second-order valence-electron chi connectivity index (χ2n) is 5.06. The van der Waals surface area contributed by atoms with Gasteiger partial charge in [-0.15, -0.1) is 0 Å². The zero-order chi connectivity index (χ0) is 12.0. The molecule has 1 aromatic carbocycles. The molecule has 4 heteroatoms. The number of rotatable bonds is 0. The minimum atomic E-state index is -0.185. The van der Waals surface area contributed by atoms with Crippen molar-refractivity contribution in [1.82, 2.24) is 5.32 Å². The number of fused-ring (bicyclic) bond motifs is 2. The van der Waals surface area contributed by atoms with Gasteiger partial charge in [0.15, 0.2) is 0 Å². The van der Waals surface area contributed by atoms with E-state index in [0.717, 1.165) is 30.8 Å². The normalized spacial score (nSPS) is 31.9.